The summed E-state index contributed by atoms with van der Waals surface area (Å²) >= 11 is 0. The van der Waals surface area contributed by atoms with Crippen molar-refractivity contribution in [2.45, 2.75) is 39.2 Å². The summed E-state index contributed by atoms with van der Waals surface area (Å²) in [5.41, 5.74) is 6.84. The van der Waals surface area contributed by atoms with E-state index >= 15 is 0 Å². The monoisotopic (exact) mass is 207 g/mol. The second-order valence-electron chi connectivity index (χ2n) is 4.18. The van der Waals surface area contributed by atoms with Gasteiger partial charge in [-0.2, -0.15) is 0 Å². The van der Waals surface area contributed by atoms with Crippen LogP contribution in [0.25, 0.3) is 0 Å². The van der Waals surface area contributed by atoms with E-state index in [1.165, 1.54) is 5.56 Å². The molecule has 0 amide bonds. The average molecular weight is 207 g/mol. The van der Waals surface area contributed by atoms with Gasteiger partial charge in [0.2, 0.25) is 0 Å². The summed E-state index contributed by atoms with van der Waals surface area (Å²) in [6.45, 7) is 7.00. The minimum absolute atomic E-state index is 0.219. The summed E-state index contributed by atoms with van der Waals surface area (Å²) in [6.07, 6.45) is 1.22. The van der Waals surface area contributed by atoms with Gasteiger partial charge in [-0.25, -0.2) is 0 Å². The standard InChI is InChI=1S/C13H21NO/c1-10(2)15-13-7-5-4-6-12(13)11(3)8-9-14/h4-7,10-11H,8-9,14H2,1-3H3. The summed E-state index contributed by atoms with van der Waals surface area (Å²) in [7, 11) is 0. The summed E-state index contributed by atoms with van der Waals surface area (Å²) < 4.78 is 5.77. The van der Waals surface area contributed by atoms with Crippen molar-refractivity contribution in [3.8, 4) is 5.75 Å². The number of hydrogen-bond acceptors (Lipinski definition) is 2. The predicted octanol–water partition coefficient (Wildman–Crippen LogP) is 2.93. The molecule has 0 heterocycles. The lowest BCUT2D eigenvalue weighted by atomic mass is 9.97. The Hall–Kier alpha value is -1.02. The van der Waals surface area contributed by atoms with Crippen molar-refractivity contribution >= 4 is 0 Å². The molecule has 2 nitrogen and oxygen atoms in total. The molecule has 84 valence electrons. The van der Waals surface area contributed by atoms with Crippen LogP contribution < -0.4 is 10.5 Å². The molecule has 0 aliphatic rings. The van der Waals surface area contributed by atoms with E-state index in [1.54, 1.807) is 0 Å². The number of rotatable bonds is 5. The first-order chi connectivity index (χ1) is 7.15. The van der Waals surface area contributed by atoms with Crippen molar-refractivity contribution in [3.05, 3.63) is 29.8 Å². The third-order valence-electron chi connectivity index (χ3n) is 2.41. The maximum absolute atomic E-state index is 5.77. The van der Waals surface area contributed by atoms with Gasteiger partial charge in [-0.15, -0.1) is 0 Å². The highest BCUT2D eigenvalue weighted by Crippen LogP contribution is 2.28. The van der Waals surface area contributed by atoms with E-state index in [9.17, 15) is 0 Å². The van der Waals surface area contributed by atoms with Crippen molar-refractivity contribution < 1.29 is 4.74 Å². The first kappa shape index (κ1) is 12.1. The van der Waals surface area contributed by atoms with Gasteiger partial charge in [-0.05, 0) is 44.4 Å². The summed E-state index contributed by atoms with van der Waals surface area (Å²) in [4.78, 5) is 0. The van der Waals surface area contributed by atoms with E-state index in [0.717, 1.165) is 18.7 Å². The molecule has 1 aromatic rings. The molecule has 0 saturated carbocycles. The number of para-hydroxylation sites is 1. The zero-order valence-electron chi connectivity index (χ0n) is 9.86. The van der Waals surface area contributed by atoms with Gasteiger partial charge in [0.1, 0.15) is 5.75 Å². The maximum atomic E-state index is 5.77. The van der Waals surface area contributed by atoms with Crippen LogP contribution in [-0.4, -0.2) is 12.6 Å². The molecular formula is C13H21NO. The average Bonchev–Trinajstić information content (AvgIpc) is 2.18. The third kappa shape index (κ3) is 3.56. The SMILES string of the molecule is CC(C)Oc1ccccc1C(C)CCN. The molecule has 0 radical (unpaired) electrons. The Kier molecular flexibility index (Phi) is 4.63. The van der Waals surface area contributed by atoms with Crippen LogP contribution in [0.5, 0.6) is 5.75 Å². The van der Waals surface area contributed by atoms with Gasteiger partial charge >= 0.3 is 0 Å². The molecule has 15 heavy (non-hydrogen) atoms. The highest BCUT2D eigenvalue weighted by atomic mass is 16.5. The fourth-order valence-electron chi connectivity index (χ4n) is 1.65. The molecule has 2 N–H and O–H groups in total. The normalized spacial score (nSPS) is 12.9. The molecule has 0 aliphatic carbocycles. The van der Waals surface area contributed by atoms with Crippen LogP contribution in [0.4, 0.5) is 0 Å². The molecule has 0 spiro atoms. The fraction of sp³-hybridized carbons (Fsp3) is 0.538. The molecule has 0 bridgehead atoms. The van der Waals surface area contributed by atoms with E-state index in [2.05, 4.69) is 19.1 Å². The fourth-order valence-corrected chi connectivity index (χ4v) is 1.65. The Balaban J connectivity index is 2.85. The Bertz CT molecular complexity index is 296. The van der Waals surface area contributed by atoms with Crippen LogP contribution in [0.1, 0.15) is 38.7 Å². The van der Waals surface area contributed by atoms with Crippen LogP contribution in [0.2, 0.25) is 0 Å². The molecule has 2 heteroatoms. The van der Waals surface area contributed by atoms with E-state index < -0.39 is 0 Å². The van der Waals surface area contributed by atoms with Gasteiger partial charge in [0, 0.05) is 0 Å². The molecule has 1 atom stereocenters. The number of hydrogen-bond donors (Lipinski definition) is 1. The Labute approximate surface area is 92.4 Å². The maximum Gasteiger partial charge on any atom is 0.123 e. The molecule has 1 rings (SSSR count). The minimum Gasteiger partial charge on any atom is -0.491 e. The Morgan fingerprint density at radius 2 is 1.87 bits per heavy atom. The zero-order valence-corrected chi connectivity index (χ0v) is 9.86. The quantitative estimate of drug-likeness (QED) is 0.805. The van der Waals surface area contributed by atoms with E-state index in [1.807, 2.05) is 26.0 Å². The van der Waals surface area contributed by atoms with Crippen LogP contribution in [0, 0.1) is 0 Å². The van der Waals surface area contributed by atoms with Crippen LogP contribution in [-0.2, 0) is 0 Å². The van der Waals surface area contributed by atoms with Crippen LogP contribution in [0.3, 0.4) is 0 Å². The van der Waals surface area contributed by atoms with Gasteiger partial charge in [0.25, 0.3) is 0 Å². The zero-order chi connectivity index (χ0) is 11.3. The van der Waals surface area contributed by atoms with Crippen LogP contribution in [0.15, 0.2) is 24.3 Å². The van der Waals surface area contributed by atoms with Gasteiger partial charge < -0.3 is 10.5 Å². The van der Waals surface area contributed by atoms with Crippen molar-refractivity contribution in [1.82, 2.24) is 0 Å². The highest BCUT2D eigenvalue weighted by molar-refractivity contribution is 5.36. The number of ether oxygens (including phenoxy) is 1. The van der Waals surface area contributed by atoms with Crippen LogP contribution >= 0.6 is 0 Å². The molecule has 0 aliphatic heterocycles. The summed E-state index contributed by atoms with van der Waals surface area (Å²) in [5, 5.41) is 0. The minimum atomic E-state index is 0.219. The Morgan fingerprint density at radius 1 is 1.20 bits per heavy atom. The van der Waals surface area contributed by atoms with Gasteiger partial charge in [-0.1, -0.05) is 25.1 Å². The van der Waals surface area contributed by atoms with Crippen molar-refractivity contribution in [2.75, 3.05) is 6.54 Å². The largest absolute Gasteiger partial charge is 0.491 e. The molecule has 1 unspecified atom stereocenters. The Morgan fingerprint density at radius 3 is 2.47 bits per heavy atom. The lowest BCUT2D eigenvalue weighted by molar-refractivity contribution is 0.238. The smallest absolute Gasteiger partial charge is 0.123 e. The second kappa shape index (κ2) is 5.76. The number of benzene rings is 1. The van der Waals surface area contributed by atoms with Crippen molar-refractivity contribution in [3.63, 3.8) is 0 Å². The molecule has 0 aromatic heterocycles. The third-order valence-corrected chi connectivity index (χ3v) is 2.41. The first-order valence-corrected chi connectivity index (χ1v) is 5.60. The first-order valence-electron chi connectivity index (χ1n) is 5.60. The van der Waals surface area contributed by atoms with Gasteiger partial charge in [0.05, 0.1) is 6.10 Å². The van der Waals surface area contributed by atoms with E-state index in [-0.39, 0.29) is 6.10 Å². The topological polar surface area (TPSA) is 35.2 Å². The highest BCUT2D eigenvalue weighted by Gasteiger charge is 2.11. The van der Waals surface area contributed by atoms with Gasteiger partial charge in [-0.3, -0.25) is 0 Å². The molecule has 0 fully saturated rings. The van der Waals surface area contributed by atoms with E-state index in [0.29, 0.717) is 5.92 Å². The van der Waals surface area contributed by atoms with Crippen molar-refractivity contribution in [2.24, 2.45) is 5.73 Å². The summed E-state index contributed by atoms with van der Waals surface area (Å²) in [5.74, 6) is 1.46. The van der Waals surface area contributed by atoms with Gasteiger partial charge in [0.15, 0.2) is 0 Å². The number of nitrogens with two attached hydrogens (primary N) is 1. The summed E-state index contributed by atoms with van der Waals surface area (Å²) in [6, 6.07) is 8.21. The molecular weight excluding hydrogens is 186 g/mol. The molecule has 1 aromatic carbocycles. The lowest BCUT2D eigenvalue weighted by Crippen LogP contribution is -2.10. The van der Waals surface area contributed by atoms with Crippen molar-refractivity contribution in [1.29, 1.82) is 0 Å². The van der Waals surface area contributed by atoms with E-state index in [4.69, 9.17) is 10.5 Å². The lowest BCUT2D eigenvalue weighted by Gasteiger charge is -2.18. The second-order valence-corrected chi connectivity index (χ2v) is 4.18. The molecule has 0 saturated heterocycles. The predicted molar refractivity (Wildman–Crippen MR) is 64.3 cm³/mol.